The maximum Gasteiger partial charge on any atom is 0.245 e. The van der Waals surface area contributed by atoms with Gasteiger partial charge < -0.3 is 15.0 Å². The summed E-state index contributed by atoms with van der Waals surface area (Å²) in [6, 6.07) is 17.0. The van der Waals surface area contributed by atoms with E-state index in [9.17, 15) is 8.42 Å². The Balaban J connectivity index is 1.53. The van der Waals surface area contributed by atoms with Gasteiger partial charge in [0.05, 0.1) is 41.6 Å². The lowest BCUT2D eigenvalue weighted by Crippen LogP contribution is -2.28. The van der Waals surface area contributed by atoms with Crippen molar-refractivity contribution in [1.82, 2.24) is 14.6 Å². The zero-order valence-electron chi connectivity index (χ0n) is 18.6. The Morgan fingerprint density at radius 1 is 1.12 bits per heavy atom. The Morgan fingerprint density at radius 2 is 1.94 bits per heavy atom. The minimum absolute atomic E-state index is 0.424. The Bertz CT molecular complexity index is 1450. The van der Waals surface area contributed by atoms with Gasteiger partial charge in [-0.2, -0.15) is 0 Å². The third kappa shape index (κ3) is 3.93. The topological polar surface area (TPSA) is 92.1 Å². The summed E-state index contributed by atoms with van der Waals surface area (Å²) in [4.78, 5) is 6.59. The summed E-state index contributed by atoms with van der Waals surface area (Å²) in [5.74, 6) is 1.28. The number of hydrogen-bond donors (Lipinski definition) is 1. The molecular formula is C23H24N6O3S. The molecule has 0 atom stereocenters. The van der Waals surface area contributed by atoms with Crippen molar-refractivity contribution in [3.63, 3.8) is 0 Å². The molecule has 0 unspecified atom stereocenters. The molecule has 3 heterocycles. The summed E-state index contributed by atoms with van der Waals surface area (Å²) >= 11 is 0. The van der Waals surface area contributed by atoms with Crippen LogP contribution in [0.1, 0.15) is 0 Å². The number of sulfonamides is 1. The first-order valence-corrected chi connectivity index (χ1v) is 12.3. The first kappa shape index (κ1) is 21.1. The number of nitrogens with one attached hydrogen (secondary N) is 1. The maximum atomic E-state index is 12.2. The number of para-hydroxylation sites is 1. The van der Waals surface area contributed by atoms with Crippen LogP contribution in [0.5, 0.6) is 5.75 Å². The normalized spacial score (nSPS) is 13.5. The monoisotopic (exact) mass is 464 g/mol. The molecule has 1 aliphatic rings. The average molecular weight is 465 g/mol. The zero-order valence-corrected chi connectivity index (χ0v) is 19.4. The van der Waals surface area contributed by atoms with Crippen LogP contribution >= 0.6 is 0 Å². The van der Waals surface area contributed by atoms with Crippen LogP contribution in [-0.4, -0.2) is 56.5 Å². The van der Waals surface area contributed by atoms with Crippen LogP contribution < -0.4 is 19.3 Å². The smallest absolute Gasteiger partial charge is 0.245 e. The second-order valence-electron chi connectivity index (χ2n) is 7.96. The Kier molecular flexibility index (Phi) is 5.09. The number of hydrogen-bond acceptors (Lipinski definition) is 7. The highest BCUT2D eigenvalue weighted by molar-refractivity contribution is 7.92. The van der Waals surface area contributed by atoms with E-state index in [1.54, 1.807) is 23.8 Å². The summed E-state index contributed by atoms with van der Waals surface area (Å²) in [5, 5.41) is 7.95. The van der Waals surface area contributed by atoms with Crippen LogP contribution in [0, 0.1) is 0 Å². The molecule has 1 aliphatic heterocycles. The molecule has 0 aliphatic carbocycles. The van der Waals surface area contributed by atoms with Crippen molar-refractivity contribution in [2.75, 3.05) is 48.0 Å². The van der Waals surface area contributed by atoms with E-state index in [1.807, 2.05) is 55.6 Å². The van der Waals surface area contributed by atoms with Gasteiger partial charge in [-0.05, 0) is 36.4 Å². The van der Waals surface area contributed by atoms with E-state index in [4.69, 9.17) is 4.74 Å². The lowest BCUT2D eigenvalue weighted by atomic mass is 10.1. The summed E-state index contributed by atoms with van der Waals surface area (Å²) in [6.07, 6.45) is 2.92. The molecule has 0 saturated carbocycles. The molecule has 10 heteroatoms. The molecule has 0 fully saturated rings. The SMILES string of the molecule is CN1CCOc2ccc(Nc3ncc4ccc(-c5ccccc5N(C)S(C)(=O)=O)n4n3)cc21. The highest BCUT2D eigenvalue weighted by Gasteiger charge is 2.19. The predicted octanol–water partition coefficient (Wildman–Crippen LogP) is 3.36. The van der Waals surface area contributed by atoms with Crippen LogP contribution in [0.25, 0.3) is 16.8 Å². The zero-order chi connectivity index (χ0) is 23.2. The number of benzene rings is 2. The van der Waals surface area contributed by atoms with E-state index in [1.165, 1.54) is 10.6 Å². The van der Waals surface area contributed by atoms with E-state index in [2.05, 4.69) is 20.3 Å². The van der Waals surface area contributed by atoms with E-state index in [0.29, 0.717) is 18.2 Å². The number of nitrogens with zero attached hydrogens (tertiary/aromatic N) is 5. The number of ether oxygens (including phenoxy) is 1. The first-order chi connectivity index (χ1) is 15.8. The lowest BCUT2D eigenvalue weighted by molar-refractivity contribution is 0.311. The summed E-state index contributed by atoms with van der Waals surface area (Å²) in [5.41, 5.74) is 4.74. The van der Waals surface area contributed by atoms with Crippen molar-refractivity contribution in [2.45, 2.75) is 0 Å². The van der Waals surface area contributed by atoms with Gasteiger partial charge in [0.15, 0.2) is 0 Å². The number of anilines is 4. The van der Waals surface area contributed by atoms with Crippen molar-refractivity contribution in [2.24, 2.45) is 0 Å². The largest absolute Gasteiger partial charge is 0.490 e. The minimum atomic E-state index is -3.42. The van der Waals surface area contributed by atoms with Crippen LogP contribution in [0.15, 0.2) is 60.8 Å². The molecule has 5 rings (SSSR count). The van der Waals surface area contributed by atoms with Crippen molar-refractivity contribution in [1.29, 1.82) is 0 Å². The predicted molar refractivity (Wildman–Crippen MR) is 130 cm³/mol. The summed E-state index contributed by atoms with van der Waals surface area (Å²) < 4.78 is 33.1. The number of rotatable bonds is 5. The Hall–Kier alpha value is -3.79. The highest BCUT2D eigenvalue weighted by Crippen LogP contribution is 2.35. The fraction of sp³-hybridized carbons (Fsp3) is 0.217. The van der Waals surface area contributed by atoms with Gasteiger partial charge in [-0.1, -0.05) is 18.2 Å². The Labute approximate surface area is 192 Å². The second kappa shape index (κ2) is 7.96. The lowest BCUT2D eigenvalue weighted by Gasteiger charge is -2.28. The molecule has 4 aromatic rings. The molecule has 0 radical (unpaired) electrons. The molecular weight excluding hydrogens is 440 g/mol. The van der Waals surface area contributed by atoms with E-state index >= 15 is 0 Å². The van der Waals surface area contributed by atoms with Crippen molar-refractivity contribution in [3.05, 3.63) is 60.8 Å². The van der Waals surface area contributed by atoms with Crippen molar-refractivity contribution >= 4 is 38.6 Å². The van der Waals surface area contributed by atoms with Gasteiger partial charge in [0.1, 0.15) is 12.4 Å². The van der Waals surface area contributed by atoms with Gasteiger partial charge in [0.25, 0.3) is 0 Å². The van der Waals surface area contributed by atoms with Crippen LogP contribution in [0.3, 0.4) is 0 Å². The molecule has 0 amide bonds. The molecule has 0 spiro atoms. The van der Waals surface area contributed by atoms with Gasteiger partial charge in [-0.3, -0.25) is 4.31 Å². The molecule has 9 nitrogen and oxygen atoms in total. The summed E-state index contributed by atoms with van der Waals surface area (Å²) in [7, 11) is 0.158. The van der Waals surface area contributed by atoms with Gasteiger partial charge in [-0.25, -0.2) is 17.9 Å². The molecule has 0 saturated heterocycles. The van der Waals surface area contributed by atoms with Crippen LogP contribution in [0.2, 0.25) is 0 Å². The molecule has 1 N–H and O–H groups in total. The quantitative estimate of drug-likeness (QED) is 0.484. The third-order valence-corrected chi connectivity index (χ3v) is 6.92. The van der Waals surface area contributed by atoms with Crippen LogP contribution in [0.4, 0.5) is 23.0 Å². The van der Waals surface area contributed by atoms with Gasteiger partial charge >= 0.3 is 0 Å². The average Bonchev–Trinajstić information content (AvgIpc) is 3.22. The van der Waals surface area contributed by atoms with E-state index < -0.39 is 10.0 Å². The number of aromatic nitrogens is 3. The first-order valence-electron chi connectivity index (χ1n) is 10.4. The van der Waals surface area contributed by atoms with Gasteiger partial charge in [0, 0.05) is 25.3 Å². The van der Waals surface area contributed by atoms with Gasteiger partial charge in [-0.15, -0.1) is 5.10 Å². The third-order valence-electron chi connectivity index (χ3n) is 5.73. The molecule has 2 aromatic heterocycles. The standard InChI is InChI=1S/C23H24N6O3S/c1-27-12-13-32-22-11-8-16(14-21(22)27)25-23-24-15-17-9-10-20(29(17)26-23)18-6-4-5-7-19(18)28(2)33(3,30)31/h4-11,14-15H,12-13H2,1-3H3,(H,25,26). The highest BCUT2D eigenvalue weighted by atomic mass is 32.2. The van der Waals surface area contributed by atoms with Gasteiger partial charge in [0.2, 0.25) is 16.0 Å². The van der Waals surface area contributed by atoms with E-state index in [0.717, 1.165) is 40.4 Å². The van der Waals surface area contributed by atoms with Crippen molar-refractivity contribution in [3.8, 4) is 17.0 Å². The van der Waals surface area contributed by atoms with Crippen LogP contribution in [-0.2, 0) is 10.0 Å². The number of likely N-dealkylation sites (N-methyl/N-ethyl adjacent to an activating group) is 1. The second-order valence-corrected chi connectivity index (χ2v) is 9.98. The fourth-order valence-electron chi connectivity index (χ4n) is 3.86. The molecule has 2 aromatic carbocycles. The summed E-state index contributed by atoms with van der Waals surface area (Å²) in [6.45, 7) is 1.50. The number of fused-ring (bicyclic) bond motifs is 2. The molecule has 170 valence electrons. The van der Waals surface area contributed by atoms with E-state index in [-0.39, 0.29) is 0 Å². The minimum Gasteiger partial charge on any atom is -0.490 e. The Morgan fingerprint density at radius 3 is 2.76 bits per heavy atom. The molecule has 33 heavy (non-hydrogen) atoms. The van der Waals surface area contributed by atoms with Crippen molar-refractivity contribution < 1.29 is 13.2 Å². The molecule has 0 bridgehead atoms. The maximum absolute atomic E-state index is 12.2. The fourth-order valence-corrected chi connectivity index (χ4v) is 4.38.